The van der Waals surface area contributed by atoms with Gasteiger partial charge in [0.1, 0.15) is 11.6 Å². The molecule has 0 aliphatic carbocycles. The largest absolute Gasteiger partial charge is 0.481 e. The molecule has 0 aliphatic rings. The normalized spacial score (nSPS) is 13.3. The molecule has 2 aromatic heterocycles. The molecule has 2 heterocycles. The Labute approximate surface area is 159 Å². The molecular formula is C17H12F6N4O2. The fourth-order valence-corrected chi connectivity index (χ4v) is 2.30. The zero-order valence-corrected chi connectivity index (χ0v) is 14.5. The number of nitrogens with two attached hydrogens (primary N) is 1. The van der Waals surface area contributed by atoms with E-state index in [9.17, 15) is 26.3 Å². The van der Waals surface area contributed by atoms with Crippen molar-refractivity contribution in [2.75, 3.05) is 5.73 Å². The Hall–Kier alpha value is -3.31. The summed E-state index contributed by atoms with van der Waals surface area (Å²) in [5.74, 6) is -1.18. The summed E-state index contributed by atoms with van der Waals surface area (Å²) in [5, 5.41) is 3.65. The van der Waals surface area contributed by atoms with Gasteiger partial charge in [0.2, 0.25) is 5.82 Å². The molecule has 29 heavy (non-hydrogen) atoms. The zero-order valence-electron chi connectivity index (χ0n) is 14.5. The molecule has 0 fully saturated rings. The Balaban J connectivity index is 1.99. The highest BCUT2D eigenvalue weighted by Crippen LogP contribution is 2.40. The third-order valence-electron chi connectivity index (χ3n) is 3.80. The van der Waals surface area contributed by atoms with Crippen molar-refractivity contribution >= 4 is 5.82 Å². The monoisotopic (exact) mass is 418 g/mol. The summed E-state index contributed by atoms with van der Waals surface area (Å²) in [6, 6.07) is 5.51. The van der Waals surface area contributed by atoms with E-state index in [1.54, 1.807) is 6.07 Å². The lowest BCUT2D eigenvalue weighted by Gasteiger charge is -2.20. The molecule has 12 heteroatoms. The van der Waals surface area contributed by atoms with Gasteiger partial charge in [-0.2, -0.15) is 31.3 Å². The standard InChI is InChI=1S/C17H12F6N4O2/c1-8(16(18,19)20)28-12-5-4-9(7-11(12)17(21,22)23)15-26-14(27-29-15)10-3-2-6-25-13(10)24/h2-8H,1H3,(H2,24,25)/t8-/m0/s1. The minimum Gasteiger partial charge on any atom is -0.481 e. The molecular weight excluding hydrogens is 406 g/mol. The van der Waals surface area contributed by atoms with Gasteiger partial charge in [-0.1, -0.05) is 5.16 Å². The van der Waals surface area contributed by atoms with Crippen LogP contribution in [0, 0.1) is 0 Å². The molecule has 3 rings (SSSR count). The van der Waals surface area contributed by atoms with Gasteiger partial charge in [0.25, 0.3) is 5.89 Å². The van der Waals surface area contributed by atoms with Crippen LogP contribution in [0.15, 0.2) is 41.1 Å². The highest BCUT2D eigenvalue weighted by Gasteiger charge is 2.41. The van der Waals surface area contributed by atoms with Gasteiger partial charge in [-0.25, -0.2) is 4.98 Å². The molecule has 6 nitrogen and oxygen atoms in total. The highest BCUT2D eigenvalue weighted by atomic mass is 19.4. The molecule has 0 radical (unpaired) electrons. The third-order valence-corrected chi connectivity index (χ3v) is 3.80. The van der Waals surface area contributed by atoms with E-state index < -0.39 is 29.8 Å². The lowest BCUT2D eigenvalue weighted by Crippen LogP contribution is -2.31. The minimum absolute atomic E-state index is 0.00909. The lowest BCUT2D eigenvalue weighted by atomic mass is 10.1. The fraction of sp³-hybridized carbons (Fsp3) is 0.235. The number of alkyl halides is 6. The SMILES string of the molecule is C[C@H](Oc1ccc(-c2nc(-c3cccnc3N)no2)cc1C(F)(F)F)C(F)(F)F. The van der Waals surface area contributed by atoms with Gasteiger partial charge in [0, 0.05) is 11.8 Å². The van der Waals surface area contributed by atoms with E-state index in [4.69, 9.17) is 10.3 Å². The molecule has 3 aromatic rings. The fourth-order valence-electron chi connectivity index (χ4n) is 2.30. The van der Waals surface area contributed by atoms with Crippen LogP contribution in [0.25, 0.3) is 22.8 Å². The number of hydrogen-bond donors (Lipinski definition) is 1. The van der Waals surface area contributed by atoms with Crippen molar-refractivity contribution in [3.05, 3.63) is 42.1 Å². The van der Waals surface area contributed by atoms with Crippen LogP contribution in [0.3, 0.4) is 0 Å². The molecule has 2 N–H and O–H groups in total. The number of ether oxygens (including phenoxy) is 1. The summed E-state index contributed by atoms with van der Waals surface area (Å²) in [5.41, 5.74) is 4.42. The number of rotatable bonds is 4. The lowest BCUT2D eigenvalue weighted by molar-refractivity contribution is -0.191. The second-order valence-electron chi connectivity index (χ2n) is 5.87. The van der Waals surface area contributed by atoms with Gasteiger partial charge in [0.05, 0.1) is 11.1 Å². The van der Waals surface area contributed by atoms with Crippen LogP contribution in [0.4, 0.5) is 32.2 Å². The number of aromatic nitrogens is 3. The quantitative estimate of drug-likeness (QED) is 0.617. The average Bonchev–Trinajstić information content (AvgIpc) is 3.10. The van der Waals surface area contributed by atoms with E-state index in [-0.39, 0.29) is 23.1 Å². The first-order chi connectivity index (χ1) is 13.5. The number of hydrogen-bond acceptors (Lipinski definition) is 6. The van der Waals surface area contributed by atoms with Gasteiger partial charge in [-0.3, -0.25) is 0 Å². The first-order valence-electron chi connectivity index (χ1n) is 7.96. The molecule has 1 aromatic carbocycles. The van der Waals surface area contributed by atoms with Crippen molar-refractivity contribution in [3.8, 4) is 28.6 Å². The summed E-state index contributed by atoms with van der Waals surface area (Å²) in [6.07, 6.45) is -10.8. The number of nitrogen functional groups attached to an aromatic ring is 1. The molecule has 0 aliphatic heterocycles. The molecule has 154 valence electrons. The van der Waals surface area contributed by atoms with Gasteiger partial charge in [-0.15, -0.1) is 0 Å². The van der Waals surface area contributed by atoms with Gasteiger partial charge < -0.3 is 15.0 Å². The van der Waals surface area contributed by atoms with Gasteiger partial charge >= 0.3 is 12.4 Å². The molecule has 0 amide bonds. The highest BCUT2D eigenvalue weighted by molar-refractivity contribution is 5.69. The van der Waals surface area contributed by atoms with Crippen LogP contribution in [-0.2, 0) is 6.18 Å². The predicted molar refractivity (Wildman–Crippen MR) is 88.5 cm³/mol. The van der Waals surface area contributed by atoms with E-state index in [1.165, 1.54) is 12.3 Å². The summed E-state index contributed by atoms with van der Waals surface area (Å²) < 4.78 is 87.5. The number of halogens is 6. The van der Waals surface area contributed by atoms with E-state index in [0.717, 1.165) is 12.1 Å². The molecule has 0 saturated carbocycles. The van der Waals surface area contributed by atoms with Gasteiger partial charge in [-0.05, 0) is 37.3 Å². The number of anilines is 1. The van der Waals surface area contributed by atoms with E-state index in [1.807, 2.05) is 0 Å². The average molecular weight is 418 g/mol. The van der Waals surface area contributed by atoms with Crippen molar-refractivity contribution < 1.29 is 35.6 Å². The van der Waals surface area contributed by atoms with Crippen LogP contribution in [0.1, 0.15) is 12.5 Å². The maximum Gasteiger partial charge on any atom is 0.425 e. The first-order valence-corrected chi connectivity index (χ1v) is 7.96. The van der Waals surface area contributed by atoms with Crippen LogP contribution < -0.4 is 10.5 Å². The van der Waals surface area contributed by atoms with E-state index in [2.05, 4.69) is 19.9 Å². The number of benzene rings is 1. The maximum absolute atomic E-state index is 13.4. The second kappa shape index (κ2) is 7.26. The zero-order chi connectivity index (χ0) is 21.4. The Morgan fingerprint density at radius 2 is 1.83 bits per heavy atom. The molecule has 0 unspecified atom stereocenters. The van der Waals surface area contributed by atoms with Crippen LogP contribution in [0.5, 0.6) is 5.75 Å². The minimum atomic E-state index is -4.98. The van der Waals surface area contributed by atoms with Crippen molar-refractivity contribution in [3.63, 3.8) is 0 Å². The number of pyridine rings is 1. The summed E-state index contributed by atoms with van der Waals surface area (Å²) in [4.78, 5) is 7.82. The van der Waals surface area contributed by atoms with Crippen molar-refractivity contribution in [2.45, 2.75) is 25.4 Å². The van der Waals surface area contributed by atoms with E-state index in [0.29, 0.717) is 18.6 Å². The predicted octanol–water partition coefficient (Wildman–Crippen LogP) is 4.73. The summed E-state index contributed by atoms with van der Waals surface area (Å²) in [7, 11) is 0. The van der Waals surface area contributed by atoms with Crippen molar-refractivity contribution in [2.24, 2.45) is 0 Å². The Morgan fingerprint density at radius 1 is 1.10 bits per heavy atom. The maximum atomic E-state index is 13.4. The first kappa shape index (κ1) is 20.4. The van der Waals surface area contributed by atoms with Gasteiger partial charge in [0.15, 0.2) is 6.10 Å². The molecule has 0 bridgehead atoms. The second-order valence-corrected chi connectivity index (χ2v) is 5.87. The Kier molecular flexibility index (Phi) is 5.11. The van der Waals surface area contributed by atoms with Crippen molar-refractivity contribution in [1.82, 2.24) is 15.1 Å². The van der Waals surface area contributed by atoms with Crippen LogP contribution >= 0.6 is 0 Å². The Morgan fingerprint density at radius 3 is 2.45 bits per heavy atom. The number of nitrogens with zero attached hydrogens (tertiary/aromatic N) is 3. The van der Waals surface area contributed by atoms with Crippen LogP contribution in [-0.4, -0.2) is 27.4 Å². The smallest absolute Gasteiger partial charge is 0.425 e. The molecule has 0 saturated heterocycles. The Bertz CT molecular complexity index is 1020. The topological polar surface area (TPSA) is 87.1 Å². The van der Waals surface area contributed by atoms with Crippen molar-refractivity contribution in [1.29, 1.82) is 0 Å². The summed E-state index contributed by atoms with van der Waals surface area (Å²) >= 11 is 0. The molecule has 0 spiro atoms. The van der Waals surface area contributed by atoms with Crippen LogP contribution in [0.2, 0.25) is 0 Å². The third kappa shape index (κ3) is 4.41. The van der Waals surface area contributed by atoms with E-state index >= 15 is 0 Å². The molecule has 1 atom stereocenters. The summed E-state index contributed by atoms with van der Waals surface area (Å²) in [6.45, 7) is 0.608.